The molecule has 0 fully saturated rings. The van der Waals surface area contributed by atoms with Crippen molar-refractivity contribution < 1.29 is 33.8 Å². The summed E-state index contributed by atoms with van der Waals surface area (Å²) in [4.78, 5) is 48.6. The molecule has 2 amide bonds. The average Bonchev–Trinajstić information content (AvgIpc) is 3.41. The Kier molecular flexibility index (Phi) is 10.5. The number of aromatic carboxylic acids is 1. The Morgan fingerprint density at radius 1 is 1.19 bits per heavy atom. The third kappa shape index (κ3) is 8.73. The third-order valence-electron chi connectivity index (χ3n) is 5.77. The fraction of sp³-hybridized carbons (Fsp3) is 0.522. The van der Waals surface area contributed by atoms with E-state index in [4.69, 9.17) is 26.4 Å². The van der Waals surface area contributed by atoms with Crippen molar-refractivity contribution in [1.82, 2.24) is 15.5 Å². The van der Waals surface area contributed by atoms with Crippen molar-refractivity contribution >= 4 is 29.7 Å². The zero-order valence-corrected chi connectivity index (χ0v) is 20.2. The van der Waals surface area contributed by atoms with Gasteiger partial charge >= 0.3 is 11.9 Å². The van der Waals surface area contributed by atoms with Crippen molar-refractivity contribution in [2.75, 3.05) is 19.6 Å². The first-order valence-electron chi connectivity index (χ1n) is 11.6. The molecule has 1 aromatic rings. The Morgan fingerprint density at radius 2 is 1.92 bits per heavy atom. The molecular formula is C23H34N6O7. The zero-order valence-electron chi connectivity index (χ0n) is 20.2. The topological polar surface area (TPSA) is 225 Å². The van der Waals surface area contributed by atoms with Gasteiger partial charge < -0.3 is 41.6 Å². The number of hydrogen-bond acceptors (Lipinski definition) is 7. The molecular weight excluding hydrogens is 472 g/mol. The van der Waals surface area contributed by atoms with Crippen LogP contribution >= 0.6 is 0 Å². The summed E-state index contributed by atoms with van der Waals surface area (Å²) < 4.78 is 5.29. The number of guanidine groups is 1. The zero-order chi connectivity index (χ0) is 26.8. The normalized spacial score (nSPS) is 14.6. The Labute approximate surface area is 208 Å². The van der Waals surface area contributed by atoms with E-state index in [1.807, 2.05) is 6.08 Å². The lowest BCUT2D eigenvalue weighted by molar-refractivity contribution is -0.141. The van der Waals surface area contributed by atoms with E-state index in [9.17, 15) is 24.3 Å². The lowest BCUT2D eigenvalue weighted by Crippen LogP contribution is -2.42. The molecule has 0 saturated heterocycles. The van der Waals surface area contributed by atoms with Crippen molar-refractivity contribution in [3.05, 3.63) is 34.8 Å². The Balaban J connectivity index is 1.63. The van der Waals surface area contributed by atoms with E-state index in [0.29, 0.717) is 45.3 Å². The minimum Gasteiger partial charge on any atom is -0.480 e. The van der Waals surface area contributed by atoms with Crippen LogP contribution in [-0.2, 0) is 20.8 Å². The van der Waals surface area contributed by atoms with Crippen molar-refractivity contribution in [2.45, 2.75) is 57.5 Å². The van der Waals surface area contributed by atoms with Gasteiger partial charge in [0.05, 0.1) is 6.04 Å². The van der Waals surface area contributed by atoms with Gasteiger partial charge in [-0.25, -0.2) is 9.59 Å². The Bertz CT molecular complexity index is 1020. The molecule has 0 aromatic carbocycles. The first-order valence-corrected chi connectivity index (χ1v) is 11.6. The van der Waals surface area contributed by atoms with Gasteiger partial charge in [-0.15, -0.1) is 0 Å². The number of nitrogens with zero attached hydrogens (tertiary/aromatic N) is 1. The highest BCUT2D eigenvalue weighted by molar-refractivity contribution is 5.89. The molecule has 13 nitrogen and oxygen atoms in total. The van der Waals surface area contributed by atoms with Crippen LogP contribution in [0.5, 0.6) is 0 Å². The summed E-state index contributed by atoms with van der Waals surface area (Å²) >= 11 is 0. The van der Waals surface area contributed by atoms with Crippen LogP contribution in [0, 0.1) is 12.3 Å². The van der Waals surface area contributed by atoms with E-state index in [1.165, 1.54) is 13.0 Å². The second kappa shape index (κ2) is 13.3. The summed E-state index contributed by atoms with van der Waals surface area (Å²) in [6, 6.07) is -0.694. The Morgan fingerprint density at radius 3 is 2.50 bits per heavy atom. The number of nitrogens with one attached hydrogen (secondary N) is 3. The van der Waals surface area contributed by atoms with E-state index >= 15 is 0 Å². The molecule has 2 atom stereocenters. The number of aryl methyl sites for hydroxylation is 1. The molecule has 2 rings (SSSR count). The number of carboxylic acids is 2. The fourth-order valence-corrected chi connectivity index (χ4v) is 3.77. The first kappa shape index (κ1) is 28.4. The van der Waals surface area contributed by atoms with Gasteiger partial charge in [-0.05, 0) is 32.3 Å². The number of carboxylic acid groups (broad SMARTS) is 2. The average molecular weight is 507 g/mol. The maximum absolute atomic E-state index is 12.2. The lowest BCUT2D eigenvalue weighted by atomic mass is 10.1. The van der Waals surface area contributed by atoms with Gasteiger partial charge in [-0.1, -0.05) is 18.1 Å². The largest absolute Gasteiger partial charge is 0.480 e. The van der Waals surface area contributed by atoms with E-state index < -0.39 is 29.9 Å². The second-order valence-corrected chi connectivity index (χ2v) is 8.69. The molecule has 0 radical (unpaired) electrons. The van der Waals surface area contributed by atoms with Gasteiger partial charge in [0.25, 0.3) is 0 Å². The van der Waals surface area contributed by atoms with Crippen LogP contribution in [0.2, 0.25) is 0 Å². The molecule has 9 N–H and O–H groups in total. The highest BCUT2D eigenvalue weighted by atomic mass is 16.4. The highest BCUT2D eigenvalue weighted by Crippen LogP contribution is 2.17. The van der Waals surface area contributed by atoms with Crippen LogP contribution in [0.25, 0.3) is 0 Å². The molecule has 0 bridgehead atoms. The number of amides is 2. The number of aliphatic carboxylic acids is 1. The van der Waals surface area contributed by atoms with Crippen molar-refractivity contribution in [2.24, 2.45) is 11.5 Å². The van der Waals surface area contributed by atoms with Crippen LogP contribution < -0.4 is 22.1 Å². The van der Waals surface area contributed by atoms with Gasteiger partial charge in [0, 0.05) is 32.5 Å². The van der Waals surface area contributed by atoms with Crippen molar-refractivity contribution in [1.29, 1.82) is 5.41 Å². The first-order chi connectivity index (χ1) is 17.0. The second-order valence-electron chi connectivity index (χ2n) is 8.69. The number of rotatable bonds is 14. The summed E-state index contributed by atoms with van der Waals surface area (Å²) in [6.45, 7) is 2.89. The van der Waals surface area contributed by atoms with E-state index in [-0.39, 0.29) is 41.8 Å². The number of carbonyl (C=O) groups is 4. The number of nitrogens with two attached hydrogens (primary N) is 2. The van der Waals surface area contributed by atoms with Crippen LogP contribution in [0.1, 0.15) is 54.0 Å². The number of furan rings is 1. The third-order valence-corrected chi connectivity index (χ3v) is 5.77. The molecule has 36 heavy (non-hydrogen) atoms. The summed E-state index contributed by atoms with van der Waals surface area (Å²) in [5.74, 6) is -2.85. The molecule has 1 aliphatic heterocycles. The van der Waals surface area contributed by atoms with Gasteiger partial charge in [-0.2, -0.15) is 0 Å². The summed E-state index contributed by atoms with van der Waals surface area (Å²) in [7, 11) is 0. The van der Waals surface area contributed by atoms with Gasteiger partial charge in [0.1, 0.15) is 23.1 Å². The quantitative estimate of drug-likeness (QED) is 0.0769. The molecule has 0 spiro atoms. The maximum Gasteiger partial charge on any atom is 0.339 e. The Hall–Kier alpha value is -3.87. The van der Waals surface area contributed by atoms with Gasteiger partial charge in [0.15, 0.2) is 5.96 Å². The molecule has 2 unspecified atom stereocenters. The minimum absolute atomic E-state index is 0.0200. The molecule has 0 aliphatic carbocycles. The number of hydrogen-bond donors (Lipinski definition) is 7. The smallest absolute Gasteiger partial charge is 0.339 e. The highest BCUT2D eigenvalue weighted by Gasteiger charge is 2.24. The number of carbonyl (C=O) groups excluding carboxylic acids is 2. The molecule has 198 valence electrons. The summed E-state index contributed by atoms with van der Waals surface area (Å²) in [5.41, 5.74) is 12.3. The summed E-state index contributed by atoms with van der Waals surface area (Å²) in [5, 5.41) is 31.1. The van der Waals surface area contributed by atoms with E-state index in [1.54, 1.807) is 4.90 Å². The van der Waals surface area contributed by atoms with Gasteiger partial charge in [0.2, 0.25) is 11.8 Å². The van der Waals surface area contributed by atoms with E-state index in [2.05, 4.69) is 10.6 Å². The molecule has 1 aliphatic rings. The van der Waals surface area contributed by atoms with Crippen LogP contribution in [0.4, 0.5) is 0 Å². The standard InChI is InChI=1S/C23H34N6O7/c1-13-16(21(32)33)10-15(36-13)11-18(22(34)35)28-19(30)5-3-2-4-7-27-20(31)17(24)9-14-6-8-29(12-14)23(25)26/h6,10,17-18H,2-5,7-9,11-12,24H2,1H3,(H3,25,26)(H,27,31)(H,28,30)(H,32,33)(H,34,35). The van der Waals surface area contributed by atoms with Crippen LogP contribution in [0.3, 0.4) is 0 Å². The van der Waals surface area contributed by atoms with Crippen LogP contribution in [-0.4, -0.2) is 76.5 Å². The molecule has 13 heteroatoms. The SMILES string of the molecule is Cc1oc(CC(NC(=O)CCCCCNC(=O)C(N)CC2=CCN(C(=N)N)C2)C(=O)O)cc1C(=O)O. The molecule has 1 aromatic heterocycles. The molecule has 0 saturated carbocycles. The maximum atomic E-state index is 12.2. The van der Waals surface area contributed by atoms with Crippen molar-refractivity contribution in [3.8, 4) is 0 Å². The fourth-order valence-electron chi connectivity index (χ4n) is 3.77. The summed E-state index contributed by atoms with van der Waals surface area (Å²) in [6.07, 6.45) is 3.99. The van der Waals surface area contributed by atoms with Gasteiger partial charge in [-0.3, -0.25) is 15.0 Å². The van der Waals surface area contributed by atoms with Crippen LogP contribution in [0.15, 0.2) is 22.1 Å². The lowest BCUT2D eigenvalue weighted by Gasteiger charge is -2.17. The molecule has 2 heterocycles. The predicted octanol–water partition coefficient (Wildman–Crippen LogP) is -0.0724. The van der Waals surface area contributed by atoms with E-state index in [0.717, 1.165) is 5.57 Å². The predicted molar refractivity (Wildman–Crippen MR) is 129 cm³/mol. The van der Waals surface area contributed by atoms with Crippen molar-refractivity contribution in [3.63, 3.8) is 0 Å². The minimum atomic E-state index is -1.25. The number of unbranched alkanes of at least 4 members (excludes halogenated alkanes) is 2. The monoisotopic (exact) mass is 506 g/mol.